The van der Waals surface area contributed by atoms with Crippen molar-refractivity contribution in [2.75, 3.05) is 32.8 Å². The van der Waals surface area contributed by atoms with E-state index in [1.165, 1.54) is 51.7 Å². The molecule has 0 aromatic heterocycles. The molecule has 1 N–H and O–H groups in total. The molecule has 3 heteroatoms. The lowest BCUT2D eigenvalue weighted by Crippen LogP contribution is -2.53. The average molecular weight is 240 g/mol. The summed E-state index contributed by atoms with van der Waals surface area (Å²) in [7, 11) is 0. The monoisotopic (exact) mass is 240 g/mol. The molecule has 0 saturated carbocycles. The van der Waals surface area contributed by atoms with Crippen LogP contribution in [0.3, 0.4) is 0 Å². The normalized spacial score (nSPS) is 31.1. The predicted molar refractivity (Wildman–Crippen MR) is 71.3 cm³/mol. The van der Waals surface area contributed by atoms with Gasteiger partial charge in [-0.1, -0.05) is 13.3 Å². The van der Waals surface area contributed by atoms with E-state index >= 15 is 0 Å². The highest BCUT2D eigenvalue weighted by Crippen LogP contribution is 2.28. The van der Waals surface area contributed by atoms with Gasteiger partial charge >= 0.3 is 0 Å². The minimum Gasteiger partial charge on any atom is -0.381 e. The van der Waals surface area contributed by atoms with E-state index in [-0.39, 0.29) is 0 Å². The van der Waals surface area contributed by atoms with Gasteiger partial charge in [-0.2, -0.15) is 0 Å². The molecule has 1 unspecified atom stereocenters. The van der Waals surface area contributed by atoms with E-state index < -0.39 is 0 Å². The number of nitrogens with zero attached hydrogens (tertiary/aromatic N) is 1. The van der Waals surface area contributed by atoms with Crippen molar-refractivity contribution in [3.05, 3.63) is 0 Å². The van der Waals surface area contributed by atoms with Gasteiger partial charge in [0, 0.05) is 31.3 Å². The third-order valence-electron chi connectivity index (χ3n) is 4.45. The van der Waals surface area contributed by atoms with Crippen LogP contribution in [0.25, 0.3) is 0 Å². The zero-order valence-electron chi connectivity index (χ0n) is 11.5. The Morgan fingerprint density at radius 2 is 2.12 bits per heavy atom. The SMILES string of the molecule is CCCC1CN(C2(C)CCOCC2)CCCN1. The van der Waals surface area contributed by atoms with E-state index in [2.05, 4.69) is 24.1 Å². The first-order valence-electron chi connectivity index (χ1n) is 7.31. The number of ether oxygens (including phenoxy) is 1. The summed E-state index contributed by atoms with van der Waals surface area (Å²) in [5, 5.41) is 3.70. The summed E-state index contributed by atoms with van der Waals surface area (Å²) < 4.78 is 5.52. The van der Waals surface area contributed by atoms with E-state index in [0.717, 1.165) is 13.2 Å². The van der Waals surface area contributed by atoms with Crippen LogP contribution in [0, 0.1) is 0 Å². The van der Waals surface area contributed by atoms with E-state index in [1.54, 1.807) is 0 Å². The minimum atomic E-state index is 0.385. The fourth-order valence-electron chi connectivity index (χ4n) is 3.16. The van der Waals surface area contributed by atoms with Gasteiger partial charge in [0.2, 0.25) is 0 Å². The van der Waals surface area contributed by atoms with E-state index in [0.29, 0.717) is 11.6 Å². The lowest BCUT2D eigenvalue weighted by Gasteiger charge is -2.44. The predicted octanol–water partition coefficient (Wildman–Crippen LogP) is 2.02. The highest BCUT2D eigenvalue weighted by Gasteiger charge is 2.35. The van der Waals surface area contributed by atoms with Crippen LogP contribution in [-0.2, 0) is 4.74 Å². The summed E-state index contributed by atoms with van der Waals surface area (Å²) >= 11 is 0. The second kappa shape index (κ2) is 6.17. The highest BCUT2D eigenvalue weighted by atomic mass is 16.5. The van der Waals surface area contributed by atoms with Crippen LogP contribution in [0.15, 0.2) is 0 Å². The smallest absolute Gasteiger partial charge is 0.0483 e. The molecule has 2 fully saturated rings. The summed E-state index contributed by atoms with van der Waals surface area (Å²) in [5.74, 6) is 0. The van der Waals surface area contributed by atoms with Gasteiger partial charge in [0.1, 0.15) is 0 Å². The quantitative estimate of drug-likeness (QED) is 0.817. The maximum atomic E-state index is 5.52. The summed E-state index contributed by atoms with van der Waals surface area (Å²) in [4.78, 5) is 2.73. The molecule has 2 aliphatic heterocycles. The van der Waals surface area contributed by atoms with Crippen molar-refractivity contribution >= 4 is 0 Å². The molecule has 0 bridgehead atoms. The molecular weight excluding hydrogens is 212 g/mol. The topological polar surface area (TPSA) is 24.5 Å². The Labute approximate surface area is 106 Å². The molecule has 0 spiro atoms. The second-order valence-corrected chi connectivity index (χ2v) is 5.85. The molecule has 3 nitrogen and oxygen atoms in total. The van der Waals surface area contributed by atoms with Gasteiger partial charge in [0.15, 0.2) is 0 Å². The van der Waals surface area contributed by atoms with E-state index in [1.807, 2.05) is 0 Å². The Bertz CT molecular complexity index is 226. The molecule has 2 heterocycles. The van der Waals surface area contributed by atoms with E-state index in [4.69, 9.17) is 4.74 Å². The number of hydrogen-bond donors (Lipinski definition) is 1. The highest BCUT2D eigenvalue weighted by molar-refractivity contribution is 4.91. The molecule has 2 aliphatic rings. The standard InChI is InChI=1S/C14H28N2O/c1-3-5-13-12-16(9-4-8-15-13)14(2)6-10-17-11-7-14/h13,15H,3-12H2,1-2H3. The molecule has 2 saturated heterocycles. The maximum absolute atomic E-state index is 5.52. The van der Waals surface area contributed by atoms with E-state index in [9.17, 15) is 0 Å². The van der Waals surface area contributed by atoms with Crippen LogP contribution in [0.1, 0.15) is 46.0 Å². The Kier molecular flexibility index (Phi) is 4.83. The summed E-state index contributed by atoms with van der Waals surface area (Å²) in [6.45, 7) is 10.3. The van der Waals surface area contributed by atoms with Gasteiger partial charge < -0.3 is 10.1 Å². The Morgan fingerprint density at radius 1 is 1.35 bits per heavy atom. The third kappa shape index (κ3) is 3.43. The maximum Gasteiger partial charge on any atom is 0.0483 e. The van der Waals surface area contributed by atoms with Crippen molar-refractivity contribution in [1.29, 1.82) is 0 Å². The zero-order valence-corrected chi connectivity index (χ0v) is 11.5. The van der Waals surface area contributed by atoms with Crippen molar-refractivity contribution < 1.29 is 4.74 Å². The van der Waals surface area contributed by atoms with Gasteiger partial charge in [0.05, 0.1) is 0 Å². The fraction of sp³-hybridized carbons (Fsp3) is 1.00. The lowest BCUT2D eigenvalue weighted by molar-refractivity contribution is -0.0198. The molecule has 0 aromatic rings. The molecule has 0 aromatic carbocycles. The summed E-state index contributed by atoms with van der Waals surface area (Å²) in [6, 6.07) is 0.696. The van der Waals surface area contributed by atoms with Crippen molar-refractivity contribution in [3.63, 3.8) is 0 Å². The van der Waals surface area contributed by atoms with Crippen LogP contribution in [0.4, 0.5) is 0 Å². The number of rotatable bonds is 3. The third-order valence-corrected chi connectivity index (χ3v) is 4.45. The Balaban J connectivity index is 1.97. The van der Waals surface area contributed by atoms with Crippen LogP contribution < -0.4 is 5.32 Å². The first-order chi connectivity index (χ1) is 8.24. The molecule has 0 aliphatic carbocycles. The molecule has 1 atom stereocenters. The van der Waals surface area contributed by atoms with Crippen LogP contribution >= 0.6 is 0 Å². The largest absolute Gasteiger partial charge is 0.381 e. The van der Waals surface area contributed by atoms with Crippen molar-refractivity contribution in [2.45, 2.75) is 57.5 Å². The van der Waals surface area contributed by atoms with Gasteiger partial charge in [-0.25, -0.2) is 0 Å². The van der Waals surface area contributed by atoms with Crippen LogP contribution in [0.5, 0.6) is 0 Å². The lowest BCUT2D eigenvalue weighted by atomic mass is 9.89. The summed E-state index contributed by atoms with van der Waals surface area (Å²) in [5.41, 5.74) is 0.385. The Morgan fingerprint density at radius 3 is 2.82 bits per heavy atom. The average Bonchev–Trinajstić information content (AvgIpc) is 2.57. The van der Waals surface area contributed by atoms with Gasteiger partial charge in [-0.05, 0) is 45.7 Å². The summed E-state index contributed by atoms with van der Waals surface area (Å²) in [6.07, 6.45) is 6.28. The molecule has 0 radical (unpaired) electrons. The van der Waals surface area contributed by atoms with Crippen molar-refractivity contribution in [1.82, 2.24) is 10.2 Å². The first kappa shape index (κ1) is 13.3. The van der Waals surface area contributed by atoms with Gasteiger partial charge in [-0.15, -0.1) is 0 Å². The van der Waals surface area contributed by atoms with Gasteiger partial charge in [-0.3, -0.25) is 4.90 Å². The number of hydrogen-bond acceptors (Lipinski definition) is 3. The van der Waals surface area contributed by atoms with Crippen LogP contribution in [-0.4, -0.2) is 49.3 Å². The van der Waals surface area contributed by atoms with Crippen molar-refractivity contribution in [2.24, 2.45) is 0 Å². The van der Waals surface area contributed by atoms with Gasteiger partial charge in [0.25, 0.3) is 0 Å². The second-order valence-electron chi connectivity index (χ2n) is 5.85. The minimum absolute atomic E-state index is 0.385. The fourth-order valence-corrected chi connectivity index (χ4v) is 3.16. The molecule has 17 heavy (non-hydrogen) atoms. The number of nitrogens with one attached hydrogen (secondary N) is 1. The molecule has 100 valence electrons. The Hall–Kier alpha value is -0.120. The molecule has 2 rings (SSSR count). The zero-order chi connectivity index (χ0) is 12.1. The first-order valence-corrected chi connectivity index (χ1v) is 7.31. The van der Waals surface area contributed by atoms with Crippen LogP contribution in [0.2, 0.25) is 0 Å². The molecular formula is C14H28N2O. The molecule has 0 amide bonds. The van der Waals surface area contributed by atoms with Crippen molar-refractivity contribution in [3.8, 4) is 0 Å².